The van der Waals surface area contributed by atoms with Crippen LogP contribution in [0.1, 0.15) is 36.0 Å². The molecule has 7 nitrogen and oxygen atoms in total. The zero-order valence-corrected chi connectivity index (χ0v) is 14.9. The summed E-state index contributed by atoms with van der Waals surface area (Å²) in [6.45, 7) is 4.22. The Labute approximate surface area is 147 Å². The fourth-order valence-corrected chi connectivity index (χ4v) is 2.22. The van der Waals surface area contributed by atoms with Crippen molar-refractivity contribution in [1.29, 1.82) is 0 Å². The van der Waals surface area contributed by atoms with Crippen molar-refractivity contribution < 1.29 is 31.7 Å². The van der Waals surface area contributed by atoms with Crippen LogP contribution < -0.4 is 4.74 Å². The molecule has 1 aromatic rings. The van der Waals surface area contributed by atoms with Gasteiger partial charge in [-0.15, -0.1) is 0 Å². The molecule has 0 bridgehead atoms. The van der Waals surface area contributed by atoms with Crippen LogP contribution in [0.2, 0.25) is 0 Å². The number of unbranched alkanes of at least 4 members (excludes halogenated alkanes) is 3. The van der Waals surface area contributed by atoms with Crippen LogP contribution >= 0.6 is 0 Å². The first kappa shape index (κ1) is 20.7. The normalized spacial score (nSPS) is 10.8. The Balaban J connectivity index is 2.20. The maximum Gasteiger partial charge on any atom is 0.353 e. The number of rotatable bonds is 11. The van der Waals surface area contributed by atoms with E-state index in [1.807, 2.05) is 0 Å². The molecule has 0 saturated carbocycles. The highest BCUT2D eigenvalue weighted by atomic mass is 32.2. The Kier molecular flexibility index (Phi) is 8.69. The lowest BCUT2D eigenvalue weighted by Gasteiger charge is -2.07. The first-order chi connectivity index (χ1) is 11.8. The van der Waals surface area contributed by atoms with Gasteiger partial charge in [0.15, 0.2) is 0 Å². The summed E-state index contributed by atoms with van der Waals surface area (Å²) in [6.07, 6.45) is 5.43. The summed E-state index contributed by atoms with van der Waals surface area (Å²) in [5.41, 5.74) is 0.131. The van der Waals surface area contributed by atoms with Gasteiger partial charge in [0.25, 0.3) is 0 Å². The Morgan fingerprint density at radius 2 is 1.64 bits per heavy atom. The second-order valence-corrected chi connectivity index (χ2v) is 6.81. The van der Waals surface area contributed by atoms with Gasteiger partial charge >= 0.3 is 22.1 Å². The molecule has 0 aromatic heterocycles. The minimum Gasteiger partial charge on any atom is -0.494 e. The van der Waals surface area contributed by atoms with Crippen LogP contribution in [0.15, 0.2) is 36.9 Å². The van der Waals surface area contributed by atoms with Gasteiger partial charge in [0.05, 0.1) is 25.0 Å². The maximum absolute atomic E-state index is 11.5. The number of esters is 1. The molecule has 0 aliphatic rings. The molecule has 0 spiro atoms. The van der Waals surface area contributed by atoms with E-state index in [0.717, 1.165) is 38.0 Å². The van der Waals surface area contributed by atoms with Crippen molar-refractivity contribution in [3.8, 4) is 5.75 Å². The lowest BCUT2D eigenvalue weighted by molar-refractivity contribution is -0.137. The smallest absolute Gasteiger partial charge is 0.353 e. The third-order valence-corrected chi connectivity index (χ3v) is 3.49. The zero-order valence-electron chi connectivity index (χ0n) is 14.1. The number of benzene rings is 1. The Morgan fingerprint density at radius 3 is 2.20 bits per heavy atom. The van der Waals surface area contributed by atoms with Crippen molar-refractivity contribution in [3.05, 3.63) is 42.5 Å². The molecule has 0 aliphatic heterocycles. The third kappa shape index (κ3) is 9.51. The fraction of sp³-hybridized carbons (Fsp3) is 0.412. The largest absolute Gasteiger partial charge is 0.494 e. The average molecular weight is 370 g/mol. The molecule has 0 atom stereocenters. The van der Waals surface area contributed by atoms with E-state index in [4.69, 9.17) is 9.47 Å². The predicted molar refractivity (Wildman–Crippen MR) is 91.8 cm³/mol. The predicted octanol–water partition coefficient (Wildman–Crippen LogP) is 2.47. The van der Waals surface area contributed by atoms with Crippen molar-refractivity contribution in [3.63, 3.8) is 0 Å². The summed E-state index contributed by atoms with van der Waals surface area (Å²) in [5.74, 6) is -0.755. The van der Waals surface area contributed by atoms with E-state index in [0.29, 0.717) is 19.0 Å². The van der Waals surface area contributed by atoms with E-state index in [2.05, 4.69) is 10.8 Å². The molecule has 0 saturated heterocycles. The van der Waals surface area contributed by atoms with Crippen LogP contribution in [0.25, 0.3) is 0 Å². The molecule has 138 valence electrons. The zero-order chi connectivity index (χ0) is 18.7. The molecule has 8 heteroatoms. The number of carbonyl (C=O) groups is 2. The minimum atomic E-state index is -3.83. The van der Waals surface area contributed by atoms with Crippen molar-refractivity contribution in [2.45, 2.75) is 25.7 Å². The number of hydrogen-bond donors (Lipinski definition) is 0. The van der Waals surface area contributed by atoms with E-state index in [-0.39, 0.29) is 5.56 Å². The molecule has 0 radical (unpaired) electrons. The molecule has 0 N–H and O–H groups in total. The molecular formula is C17H22O7S. The van der Waals surface area contributed by atoms with Crippen molar-refractivity contribution in [2.24, 2.45) is 0 Å². The standard InChI is InChI=1S/C17H22O7S/c1-3-16(18)23-13-7-5-4-6-12-22-15-10-8-14(9-11-15)17(19)24-25(2,20)21/h3,8-11H,1,4-7,12-13H2,2H3. The lowest BCUT2D eigenvalue weighted by atomic mass is 10.2. The monoisotopic (exact) mass is 370 g/mol. The molecule has 25 heavy (non-hydrogen) atoms. The van der Waals surface area contributed by atoms with Crippen LogP contribution in [-0.4, -0.2) is 39.8 Å². The summed E-state index contributed by atoms with van der Waals surface area (Å²) in [6, 6.07) is 6.04. The van der Waals surface area contributed by atoms with Gasteiger partial charge in [0.2, 0.25) is 0 Å². The summed E-state index contributed by atoms with van der Waals surface area (Å²) < 4.78 is 36.5. The van der Waals surface area contributed by atoms with Gasteiger partial charge in [0.1, 0.15) is 5.75 Å². The molecule has 0 fully saturated rings. The quantitative estimate of drug-likeness (QED) is 0.255. The number of hydrogen-bond acceptors (Lipinski definition) is 7. The van der Waals surface area contributed by atoms with Crippen molar-refractivity contribution in [1.82, 2.24) is 0 Å². The summed E-state index contributed by atoms with van der Waals surface area (Å²) in [5, 5.41) is 0. The van der Waals surface area contributed by atoms with Gasteiger partial charge < -0.3 is 13.7 Å². The highest BCUT2D eigenvalue weighted by molar-refractivity contribution is 7.86. The first-order valence-corrected chi connectivity index (χ1v) is 9.59. The molecule has 0 aliphatic carbocycles. The fourth-order valence-electron chi connectivity index (χ4n) is 1.85. The molecule has 1 rings (SSSR count). The second kappa shape index (κ2) is 10.5. The van der Waals surface area contributed by atoms with E-state index < -0.39 is 22.1 Å². The van der Waals surface area contributed by atoms with Gasteiger partial charge in [-0.2, -0.15) is 8.42 Å². The van der Waals surface area contributed by atoms with Crippen LogP contribution in [0, 0.1) is 0 Å². The minimum absolute atomic E-state index is 0.131. The topological polar surface area (TPSA) is 96.0 Å². The number of ether oxygens (including phenoxy) is 2. The van der Waals surface area contributed by atoms with Crippen LogP contribution in [-0.2, 0) is 23.8 Å². The van der Waals surface area contributed by atoms with Crippen molar-refractivity contribution in [2.75, 3.05) is 19.5 Å². The van der Waals surface area contributed by atoms with E-state index in [1.165, 1.54) is 12.1 Å². The molecule has 1 aromatic carbocycles. The molecule has 0 unspecified atom stereocenters. The van der Waals surface area contributed by atoms with Gasteiger partial charge in [-0.1, -0.05) is 6.58 Å². The van der Waals surface area contributed by atoms with Crippen LogP contribution in [0.3, 0.4) is 0 Å². The Morgan fingerprint density at radius 1 is 1.04 bits per heavy atom. The Hall–Kier alpha value is -2.35. The molecule has 0 heterocycles. The average Bonchev–Trinajstić information content (AvgIpc) is 2.56. The Bertz CT molecular complexity index is 677. The molecular weight excluding hydrogens is 348 g/mol. The van der Waals surface area contributed by atoms with Gasteiger partial charge in [-0.3, -0.25) is 0 Å². The second-order valence-electron chi connectivity index (χ2n) is 5.23. The SMILES string of the molecule is C=CC(=O)OCCCCCCOc1ccc(C(=O)OS(C)(=O)=O)cc1. The van der Waals surface area contributed by atoms with Crippen LogP contribution in [0.4, 0.5) is 0 Å². The van der Waals surface area contributed by atoms with Crippen LogP contribution in [0.5, 0.6) is 5.75 Å². The van der Waals surface area contributed by atoms with Crippen molar-refractivity contribution >= 4 is 22.1 Å². The third-order valence-electron chi connectivity index (χ3n) is 3.04. The van der Waals surface area contributed by atoms with E-state index in [1.54, 1.807) is 12.1 Å². The highest BCUT2D eigenvalue weighted by Gasteiger charge is 2.13. The first-order valence-electron chi connectivity index (χ1n) is 7.77. The summed E-state index contributed by atoms with van der Waals surface area (Å²) in [4.78, 5) is 22.4. The van der Waals surface area contributed by atoms with Gasteiger partial charge in [0, 0.05) is 6.08 Å². The molecule has 0 amide bonds. The highest BCUT2D eigenvalue weighted by Crippen LogP contribution is 2.14. The van der Waals surface area contributed by atoms with E-state index in [9.17, 15) is 18.0 Å². The van der Waals surface area contributed by atoms with Gasteiger partial charge in [-0.05, 0) is 49.9 Å². The lowest BCUT2D eigenvalue weighted by Crippen LogP contribution is -2.11. The maximum atomic E-state index is 11.5. The number of carbonyl (C=O) groups excluding carboxylic acids is 2. The van der Waals surface area contributed by atoms with Gasteiger partial charge in [-0.25, -0.2) is 9.59 Å². The van der Waals surface area contributed by atoms with E-state index >= 15 is 0 Å². The summed E-state index contributed by atoms with van der Waals surface area (Å²) in [7, 11) is -3.83. The summed E-state index contributed by atoms with van der Waals surface area (Å²) >= 11 is 0.